The normalized spacial score (nSPS) is 29.6. The monoisotopic (exact) mass is 341 g/mol. The molecule has 0 bridgehead atoms. The SMILES string of the molecule is O=C(O)OC1CCN1C(=O)C(OC1CCCCO1)C1CCCCC1. The molecule has 0 spiro atoms. The van der Waals surface area contributed by atoms with Crippen molar-refractivity contribution in [1.29, 1.82) is 0 Å². The minimum Gasteiger partial charge on any atom is -0.450 e. The Hall–Kier alpha value is -1.34. The summed E-state index contributed by atoms with van der Waals surface area (Å²) < 4.78 is 16.5. The van der Waals surface area contributed by atoms with Crippen LogP contribution in [0.25, 0.3) is 0 Å². The largest absolute Gasteiger partial charge is 0.507 e. The van der Waals surface area contributed by atoms with Gasteiger partial charge >= 0.3 is 6.16 Å². The van der Waals surface area contributed by atoms with Crippen LogP contribution in [0, 0.1) is 5.92 Å². The number of hydrogen-bond acceptors (Lipinski definition) is 5. The molecule has 7 heteroatoms. The fraction of sp³-hybridized carbons (Fsp3) is 0.882. The van der Waals surface area contributed by atoms with E-state index in [1.54, 1.807) is 0 Å². The second kappa shape index (κ2) is 8.16. The molecule has 0 aromatic heterocycles. The molecule has 3 rings (SSSR count). The molecular formula is C17H27NO6. The van der Waals surface area contributed by atoms with Gasteiger partial charge in [0.2, 0.25) is 0 Å². The van der Waals surface area contributed by atoms with E-state index in [-0.39, 0.29) is 18.1 Å². The molecule has 0 radical (unpaired) electrons. The van der Waals surface area contributed by atoms with Crippen LogP contribution in [0.4, 0.5) is 4.79 Å². The number of carbonyl (C=O) groups is 2. The molecule has 2 aliphatic heterocycles. The van der Waals surface area contributed by atoms with Gasteiger partial charge in [0.25, 0.3) is 5.91 Å². The predicted octanol–water partition coefficient (Wildman–Crippen LogP) is 2.73. The lowest BCUT2D eigenvalue weighted by Crippen LogP contribution is -2.58. The number of ether oxygens (including phenoxy) is 3. The molecule has 0 aromatic rings. The van der Waals surface area contributed by atoms with Gasteiger partial charge in [0.05, 0.1) is 0 Å². The van der Waals surface area contributed by atoms with E-state index in [0.29, 0.717) is 19.6 Å². The maximum atomic E-state index is 13.0. The number of nitrogens with zero attached hydrogens (tertiary/aromatic N) is 1. The zero-order valence-electron chi connectivity index (χ0n) is 14.0. The summed E-state index contributed by atoms with van der Waals surface area (Å²) in [6, 6.07) is 0. The van der Waals surface area contributed by atoms with Gasteiger partial charge in [-0.05, 0) is 38.0 Å². The first-order valence-corrected chi connectivity index (χ1v) is 9.12. The smallest absolute Gasteiger partial charge is 0.450 e. The van der Waals surface area contributed by atoms with Crippen molar-refractivity contribution in [3.05, 3.63) is 0 Å². The standard InChI is InChI=1S/C17H27NO6/c19-16(18-10-9-13(18)23-17(20)21)15(12-6-2-1-3-7-12)24-14-8-4-5-11-22-14/h12-15H,1-11H2,(H,20,21). The fourth-order valence-corrected chi connectivity index (χ4v) is 3.81. The van der Waals surface area contributed by atoms with Gasteiger partial charge in [-0.1, -0.05) is 19.3 Å². The average Bonchev–Trinajstić information content (AvgIpc) is 2.58. The van der Waals surface area contributed by atoms with Crippen LogP contribution in [0.3, 0.4) is 0 Å². The number of hydrogen-bond donors (Lipinski definition) is 1. The summed E-state index contributed by atoms with van der Waals surface area (Å²) >= 11 is 0. The van der Waals surface area contributed by atoms with Crippen LogP contribution in [-0.2, 0) is 19.0 Å². The molecule has 3 unspecified atom stereocenters. The molecule has 3 aliphatic rings. The van der Waals surface area contributed by atoms with Gasteiger partial charge in [0, 0.05) is 19.6 Å². The van der Waals surface area contributed by atoms with Crippen molar-refractivity contribution in [3.8, 4) is 0 Å². The van der Waals surface area contributed by atoms with Crippen molar-refractivity contribution >= 4 is 12.1 Å². The Labute approximate surface area is 142 Å². The van der Waals surface area contributed by atoms with Crippen LogP contribution in [0.1, 0.15) is 57.8 Å². The minimum atomic E-state index is -1.34. The highest BCUT2D eigenvalue weighted by atomic mass is 16.7. The summed E-state index contributed by atoms with van der Waals surface area (Å²) in [7, 11) is 0. The molecule has 3 fully saturated rings. The molecule has 3 atom stereocenters. The van der Waals surface area contributed by atoms with E-state index in [1.807, 2.05) is 0 Å². The molecule has 1 N–H and O–H groups in total. The Kier molecular flexibility index (Phi) is 5.94. The predicted molar refractivity (Wildman–Crippen MR) is 84.3 cm³/mol. The molecule has 24 heavy (non-hydrogen) atoms. The highest BCUT2D eigenvalue weighted by Crippen LogP contribution is 2.32. The Morgan fingerprint density at radius 3 is 2.38 bits per heavy atom. The zero-order chi connectivity index (χ0) is 16.9. The molecule has 7 nitrogen and oxygen atoms in total. The first kappa shape index (κ1) is 17.5. The van der Waals surface area contributed by atoms with Gasteiger partial charge in [-0.25, -0.2) is 4.79 Å². The topological polar surface area (TPSA) is 85.3 Å². The maximum absolute atomic E-state index is 13.0. The first-order chi connectivity index (χ1) is 11.6. The minimum absolute atomic E-state index is 0.145. The highest BCUT2D eigenvalue weighted by molar-refractivity contribution is 5.82. The van der Waals surface area contributed by atoms with Crippen LogP contribution in [0.2, 0.25) is 0 Å². The van der Waals surface area contributed by atoms with Crippen molar-refractivity contribution in [2.75, 3.05) is 13.2 Å². The van der Waals surface area contributed by atoms with Crippen LogP contribution >= 0.6 is 0 Å². The molecule has 136 valence electrons. The second-order valence-corrected chi connectivity index (χ2v) is 6.91. The number of likely N-dealkylation sites (tertiary alicyclic amines) is 1. The van der Waals surface area contributed by atoms with Crippen LogP contribution in [0.15, 0.2) is 0 Å². The molecular weight excluding hydrogens is 314 g/mol. The molecule has 0 aromatic carbocycles. The average molecular weight is 341 g/mol. The van der Waals surface area contributed by atoms with Gasteiger partial charge in [-0.2, -0.15) is 0 Å². The van der Waals surface area contributed by atoms with Crippen molar-refractivity contribution < 1.29 is 28.9 Å². The van der Waals surface area contributed by atoms with E-state index in [0.717, 1.165) is 44.9 Å². The van der Waals surface area contributed by atoms with Crippen LogP contribution < -0.4 is 0 Å². The van der Waals surface area contributed by atoms with Gasteiger partial charge < -0.3 is 24.2 Å². The molecule has 2 heterocycles. The van der Waals surface area contributed by atoms with Crippen molar-refractivity contribution in [3.63, 3.8) is 0 Å². The molecule has 1 saturated carbocycles. The molecule has 1 amide bonds. The van der Waals surface area contributed by atoms with Crippen molar-refractivity contribution in [2.45, 2.75) is 76.4 Å². The van der Waals surface area contributed by atoms with E-state index in [2.05, 4.69) is 0 Å². The summed E-state index contributed by atoms with van der Waals surface area (Å²) in [6.45, 7) is 1.19. The van der Waals surface area contributed by atoms with Gasteiger partial charge in [0.1, 0.15) is 6.10 Å². The van der Waals surface area contributed by atoms with Crippen molar-refractivity contribution in [2.24, 2.45) is 5.92 Å². The van der Waals surface area contributed by atoms with E-state index in [9.17, 15) is 9.59 Å². The van der Waals surface area contributed by atoms with E-state index < -0.39 is 18.5 Å². The molecule has 2 saturated heterocycles. The van der Waals surface area contributed by atoms with Crippen LogP contribution in [0.5, 0.6) is 0 Å². The summed E-state index contributed by atoms with van der Waals surface area (Å²) in [5.74, 6) is 0.0384. The first-order valence-electron chi connectivity index (χ1n) is 9.12. The zero-order valence-corrected chi connectivity index (χ0v) is 14.0. The van der Waals surface area contributed by atoms with Gasteiger partial charge in [-0.15, -0.1) is 0 Å². The second-order valence-electron chi connectivity index (χ2n) is 6.91. The Bertz CT molecular complexity index is 444. The summed E-state index contributed by atoms with van der Waals surface area (Å²) in [6.07, 6.45) is 5.92. The fourth-order valence-electron chi connectivity index (χ4n) is 3.81. The van der Waals surface area contributed by atoms with E-state index in [4.69, 9.17) is 19.3 Å². The van der Waals surface area contributed by atoms with Gasteiger partial charge in [0.15, 0.2) is 12.5 Å². The third-order valence-corrected chi connectivity index (χ3v) is 5.24. The van der Waals surface area contributed by atoms with Gasteiger partial charge in [-0.3, -0.25) is 4.79 Å². The third kappa shape index (κ3) is 4.19. The Morgan fingerprint density at radius 2 is 1.79 bits per heavy atom. The maximum Gasteiger partial charge on any atom is 0.507 e. The summed E-state index contributed by atoms with van der Waals surface area (Å²) in [5.41, 5.74) is 0. The van der Waals surface area contributed by atoms with Crippen LogP contribution in [-0.4, -0.2) is 53.8 Å². The summed E-state index contributed by atoms with van der Waals surface area (Å²) in [5, 5.41) is 8.79. The molecule has 1 aliphatic carbocycles. The van der Waals surface area contributed by atoms with E-state index in [1.165, 1.54) is 11.3 Å². The lowest BCUT2D eigenvalue weighted by Gasteiger charge is -2.43. The third-order valence-electron chi connectivity index (χ3n) is 5.24. The van der Waals surface area contributed by atoms with Crippen molar-refractivity contribution in [1.82, 2.24) is 4.90 Å². The lowest BCUT2D eigenvalue weighted by atomic mass is 9.84. The number of amides is 1. The Balaban J connectivity index is 1.65. The number of carbonyl (C=O) groups excluding carboxylic acids is 1. The highest BCUT2D eigenvalue weighted by Gasteiger charge is 2.42. The quantitative estimate of drug-likeness (QED) is 0.774. The number of carboxylic acid groups (broad SMARTS) is 1. The summed E-state index contributed by atoms with van der Waals surface area (Å²) in [4.78, 5) is 25.2. The number of rotatable bonds is 5. The lowest BCUT2D eigenvalue weighted by molar-refractivity contribution is -0.216. The Morgan fingerprint density at radius 1 is 1.04 bits per heavy atom. The van der Waals surface area contributed by atoms with E-state index >= 15 is 0 Å².